The summed E-state index contributed by atoms with van der Waals surface area (Å²) >= 11 is 6.05. The number of benzene rings is 2. The van der Waals surface area contributed by atoms with Gasteiger partial charge in [0.15, 0.2) is 0 Å². The maximum Gasteiger partial charge on any atom is 0.224 e. The van der Waals surface area contributed by atoms with E-state index in [1.165, 1.54) is 0 Å². The summed E-state index contributed by atoms with van der Waals surface area (Å²) in [5.41, 5.74) is 2.87. The third kappa shape index (κ3) is 4.87. The first-order valence-corrected chi connectivity index (χ1v) is 8.60. The highest BCUT2D eigenvalue weighted by molar-refractivity contribution is 6.30. The number of halogens is 1. The van der Waals surface area contributed by atoms with Gasteiger partial charge in [-0.3, -0.25) is 4.79 Å². The monoisotopic (exact) mass is 361 g/mol. The molecule has 25 heavy (non-hydrogen) atoms. The van der Waals surface area contributed by atoms with Gasteiger partial charge < -0.3 is 19.9 Å². The Kier molecular flexibility index (Phi) is 5.79. The normalized spacial score (nSPS) is 13.1. The number of anilines is 1. The van der Waals surface area contributed by atoms with Crippen LogP contribution in [0.15, 0.2) is 36.4 Å². The van der Waals surface area contributed by atoms with Crippen LogP contribution in [-0.2, 0) is 17.6 Å². The van der Waals surface area contributed by atoms with Crippen LogP contribution in [0.5, 0.6) is 11.5 Å². The minimum absolute atomic E-state index is 0.0525. The number of aliphatic hydroxyl groups is 1. The van der Waals surface area contributed by atoms with Gasteiger partial charge in [-0.15, -0.1) is 0 Å². The zero-order valence-corrected chi connectivity index (χ0v) is 14.5. The third-order valence-corrected chi connectivity index (χ3v) is 4.14. The number of ether oxygens (including phenoxy) is 2. The van der Waals surface area contributed by atoms with Gasteiger partial charge >= 0.3 is 0 Å². The van der Waals surface area contributed by atoms with Gasteiger partial charge in [0.2, 0.25) is 5.91 Å². The summed E-state index contributed by atoms with van der Waals surface area (Å²) in [6.07, 6.45) is 1.77. The van der Waals surface area contributed by atoms with Crippen LogP contribution >= 0.6 is 11.6 Å². The van der Waals surface area contributed by atoms with Crippen molar-refractivity contribution in [2.45, 2.75) is 19.3 Å². The van der Waals surface area contributed by atoms with Crippen LogP contribution in [0.2, 0.25) is 5.02 Å². The fourth-order valence-electron chi connectivity index (χ4n) is 2.75. The number of carbonyl (C=O) groups excluding carboxylic acids is 1. The van der Waals surface area contributed by atoms with Crippen molar-refractivity contribution < 1.29 is 19.4 Å². The maximum absolute atomic E-state index is 11.4. The molecule has 0 spiro atoms. The standard InChI is InChI=1S/C19H20ClNO4/c20-15-9-13(5-6-22)10-17(12-15)25-8-7-24-16-2-3-18-14(11-16)1-4-19(23)21-18/h2-3,9-12,22H,1,4-8H2,(H,21,23). The van der Waals surface area contributed by atoms with Gasteiger partial charge in [0.1, 0.15) is 24.7 Å². The molecule has 0 aliphatic carbocycles. The molecule has 0 bridgehead atoms. The summed E-state index contributed by atoms with van der Waals surface area (Å²) in [5, 5.41) is 12.4. The van der Waals surface area contributed by atoms with Gasteiger partial charge in [-0.1, -0.05) is 11.6 Å². The molecule has 0 radical (unpaired) electrons. The lowest BCUT2D eigenvalue weighted by Gasteiger charge is -2.17. The number of nitrogens with one attached hydrogen (secondary N) is 1. The molecule has 2 aromatic rings. The van der Waals surface area contributed by atoms with Crippen molar-refractivity contribution in [3.05, 3.63) is 52.5 Å². The summed E-state index contributed by atoms with van der Waals surface area (Å²) in [4.78, 5) is 11.4. The predicted octanol–water partition coefficient (Wildman–Crippen LogP) is 3.22. The van der Waals surface area contributed by atoms with E-state index in [4.69, 9.17) is 26.2 Å². The number of rotatable bonds is 7. The lowest BCUT2D eigenvalue weighted by atomic mass is 10.0. The Balaban J connectivity index is 1.51. The summed E-state index contributed by atoms with van der Waals surface area (Å²) in [5.74, 6) is 1.47. The molecule has 1 aliphatic heterocycles. The molecule has 5 nitrogen and oxygen atoms in total. The van der Waals surface area contributed by atoms with E-state index >= 15 is 0 Å². The second kappa shape index (κ2) is 8.23. The van der Waals surface area contributed by atoms with Crippen LogP contribution in [0.1, 0.15) is 17.5 Å². The molecule has 6 heteroatoms. The highest BCUT2D eigenvalue weighted by Crippen LogP contribution is 2.27. The number of aryl methyl sites for hydroxylation is 1. The number of carbonyl (C=O) groups is 1. The molecular formula is C19H20ClNO4. The molecule has 0 saturated carbocycles. The lowest BCUT2D eigenvalue weighted by molar-refractivity contribution is -0.116. The second-order valence-electron chi connectivity index (χ2n) is 5.83. The van der Waals surface area contributed by atoms with Crippen LogP contribution in [0.4, 0.5) is 5.69 Å². The van der Waals surface area contributed by atoms with Crippen LogP contribution in [0.3, 0.4) is 0 Å². The van der Waals surface area contributed by atoms with Crippen molar-refractivity contribution in [3.63, 3.8) is 0 Å². The number of fused-ring (bicyclic) bond motifs is 1. The average Bonchev–Trinajstić information content (AvgIpc) is 2.58. The Morgan fingerprint density at radius 1 is 1.04 bits per heavy atom. The first kappa shape index (κ1) is 17.6. The highest BCUT2D eigenvalue weighted by Gasteiger charge is 2.14. The fourth-order valence-corrected chi connectivity index (χ4v) is 2.99. The van der Waals surface area contributed by atoms with E-state index < -0.39 is 0 Å². The Bertz CT molecular complexity index is 763. The highest BCUT2D eigenvalue weighted by atomic mass is 35.5. The number of hydrogen-bond acceptors (Lipinski definition) is 4. The van der Waals surface area contributed by atoms with E-state index in [-0.39, 0.29) is 12.5 Å². The van der Waals surface area contributed by atoms with Crippen molar-refractivity contribution in [1.82, 2.24) is 0 Å². The molecule has 3 rings (SSSR count). The average molecular weight is 362 g/mol. The smallest absolute Gasteiger partial charge is 0.224 e. The Labute approximate surface area is 151 Å². The van der Waals surface area contributed by atoms with Gasteiger partial charge in [-0.2, -0.15) is 0 Å². The molecule has 2 aromatic carbocycles. The van der Waals surface area contributed by atoms with Gasteiger partial charge in [-0.05, 0) is 60.4 Å². The first-order valence-electron chi connectivity index (χ1n) is 8.23. The number of hydrogen-bond donors (Lipinski definition) is 2. The quantitative estimate of drug-likeness (QED) is 0.743. The Morgan fingerprint density at radius 2 is 1.84 bits per heavy atom. The van der Waals surface area contributed by atoms with E-state index in [0.29, 0.717) is 36.8 Å². The molecule has 132 valence electrons. The minimum Gasteiger partial charge on any atom is -0.490 e. The number of amides is 1. The van der Waals surface area contributed by atoms with Crippen LogP contribution in [0, 0.1) is 0 Å². The summed E-state index contributed by atoms with van der Waals surface area (Å²) < 4.78 is 11.4. The van der Waals surface area contributed by atoms with Gasteiger partial charge in [-0.25, -0.2) is 0 Å². The molecule has 0 aromatic heterocycles. The molecule has 0 unspecified atom stereocenters. The minimum atomic E-state index is 0.0525. The summed E-state index contributed by atoms with van der Waals surface area (Å²) in [6.45, 7) is 0.849. The van der Waals surface area contributed by atoms with Crippen molar-refractivity contribution in [2.75, 3.05) is 25.1 Å². The molecule has 0 atom stereocenters. The van der Waals surface area contributed by atoms with Gasteiger partial charge in [0.25, 0.3) is 0 Å². The molecule has 1 heterocycles. The van der Waals surface area contributed by atoms with Crippen molar-refractivity contribution in [2.24, 2.45) is 0 Å². The van der Waals surface area contributed by atoms with E-state index in [2.05, 4.69) is 5.32 Å². The maximum atomic E-state index is 11.4. The molecule has 2 N–H and O–H groups in total. The van der Waals surface area contributed by atoms with Crippen LogP contribution < -0.4 is 14.8 Å². The molecule has 0 fully saturated rings. The third-order valence-electron chi connectivity index (χ3n) is 3.92. The van der Waals surface area contributed by atoms with Crippen molar-refractivity contribution >= 4 is 23.2 Å². The topological polar surface area (TPSA) is 67.8 Å². The fraction of sp³-hybridized carbons (Fsp3) is 0.316. The molecule has 1 aliphatic rings. The predicted molar refractivity (Wildman–Crippen MR) is 96.6 cm³/mol. The van der Waals surface area contributed by atoms with E-state index in [9.17, 15) is 4.79 Å². The Morgan fingerprint density at radius 3 is 2.64 bits per heavy atom. The zero-order valence-electron chi connectivity index (χ0n) is 13.8. The van der Waals surface area contributed by atoms with E-state index in [1.807, 2.05) is 30.3 Å². The zero-order chi connectivity index (χ0) is 17.6. The second-order valence-corrected chi connectivity index (χ2v) is 6.27. The van der Waals surface area contributed by atoms with Gasteiger partial charge in [0.05, 0.1) is 0 Å². The van der Waals surface area contributed by atoms with Crippen molar-refractivity contribution in [1.29, 1.82) is 0 Å². The van der Waals surface area contributed by atoms with Crippen LogP contribution in [0.25, 0.3) is 0 Å². The first-order chi connectivity index (χ1) is 12.1. The lowest BCUT2D eigenvalue weighted by Crippen LogP contribution is -2.19. The molecule has 0 saturated heterocycles. The SMILES string of the molecule is O=C1CCc2cc(OCCOc3cc(Cl)cc(CCO)c3)ccc2N1. The van der Waals surface area contributed by atoms with Crippen molar-refractivity contribution in [3.8, 4) is 11.5 Å². The summed E-state index contributed by atoms with van der Waals surface area (Å²) in [7, 11) is 0. The number of aliphatic hydroxyl groups excluding tert-OH is 1. The summed E-state index contributed by atoms with van der Waals surface area (Å²) in [6, 6.07) is 11.1. The largest absolute Gasteiger partial charge is 0.490 e. The molecule has 1 amide bonds. The van der Waals surface area contributed by atoms with Crippen LogP contribution in [-0.4, -0.2) is 30.8 Å². The van der Waals surface area contributed by atoms with E-state index in [1.54, 1.807) is 6.07 Å². The Hall–Kier alpha value is -2.24. The van der Waals surface area contributed by atoms with Gasteiger partial charge in [0, 0.05) is 23.7 Å². The molecular weight excluding hydrogens is 342 g/mol. The van der Waals surface area contributed by atoms with E-state index in [0.717, 1.165) is 29.0 Å².